The molecule has 0 saturated heterocycles. The zero-order valence-corrected chi connectivity index (χ0v) is 13.3. The Morgan fingerprint density at radius 1 is 1.16 bits per heavy atom. The lowest BCUT2D eigenvalue weighted by molar-refractivity contribution is 0.598. The summed E-state index contributed by atoms with van der Waals surface area (Å²) in [6, 6.07) is 11.8. The number of anilines is 1. The van der Waals surface area contributed by atoms with Crippen molar-refractivity contribution in [3.8, 4) is 0 Å². The Balaban J connectivity index is 2.34. The number of rotatable bonds is 4. The van der Waals surface area contributed by atoms with Crippen molar-refractivity contribution in [1.82, 2.24) is 0 Å². The highest BCUT2D eigenvalue weighted by Crippen LogP contribution is 2.30. The van der Waals surface area contributed by atoms with Gasteiger partial charge in [0.05, 0.1) is 5.75 Å². The first-order chi connectivity index (χ1) is 8.87. The van der Waals surface area contributed by atoms with E-state index in [-0.39, 0.29) is 11.8 Å². The van der Waals surface area contributed by atoms with Crippen LogP contribution in [0.1, 0.15) is 6.92 Å². The number of sulfone groups is 1. The first-order valence-corrected chi connectivity index (χ1v) is 8.84. The monoisotopic (exact) mass is 341 g/mol. The molecule has 0 amide bonds. The molecule has 0 fully saturated rings. The summed E-state index contributed by atoms with van der Waals surface area (Å²) in [6.07, 6.45) is 1.25. The largest absolute Gasteiger partial charge is 0.381 e. The van der Waals surface area contributed by atoms with E-state index in [0.717, 1.165) is 20.9 Å². The fraction of sp³-hybridized carbons (Fsp3) is 0.286. The zero-order chi connectivity index (χ0) is 14.0. The SMILES string of the molecule is CC(CS(C)(=O)=O)Nc1ccc(Br)c2ccccc12. The fourth-order valence-corrected chi connectivity index (χ4v) is 3.62. The normalized spacial score (nSPS) is 13.4. The van der Waals surface area contributed by atoms with Crippen molar-refractivity contribution >= 4 is 42.2 Å². The first-order valence-electron chi connectivity index (χ1n) is 5.98. The van der Waals surface area contributed by atoms with E-state index in [1.54, 1.807) is 0 Å². The molecular weight excluding hydrogens is 326 g/mol. The van der Waals surface area contributed by atoms with Crippen LogP contribution in [0.4, 0.5) is 5.69 Å². The van der Waals surface area contributed by atoms with Crippen molar-refractivity contribution in [2.24, 2.45) is 0 Å². The van der Waals surface area contributed by atoms with E-state index in [0.29, 0.717) is 0 Å². The molecule has 0 aliphatic rings. The highest BCUT2D eigenvalue weighted by molar-refractivity contribution is 9.10. The Morgan fingerprint density at radius 2 is 1.79 bits per heavy atom. The van der Waals surface area contributed by atoms with Crippen LogP contribution in [0.3, 0.4) is 0 Å². The van der Waals surface area contributed by atoms with Gasteiger partial charge in [0.25, 0.3) is 0 Å². The smallest absolute Gasteiger partial charge is 0.149 e. The number of fused-ring (bicyclic) bond motifs is 1. The summed E-state index contributed by atoms with van der Waals surface area (Å²) in [5.74, 6) is 0.122. The molecule has 1 N–H and O–H groups in total. The summed E-state index contributed by atoms with van der Waals surface area (Å²) in [7, 11) is -2.98. The second-order valence-electron chi connectivity index (χ2n) is 4.78. The predicted octanol–water partition coefficient (Wildman–Crippen LogP) is 3.45. The van der Waals surface area contributed by atoms with Crippen LogP contribution in [0.25, 0.3) is 10.8 Å². The molecule has 19 heavy (non-hydrogen) atoms. The lowest BCUT2D eigenvalue weighted by Gasteiger charge is -2.16. The van der Waals surface area contributed by atoms with Gasteiger partial charge in [0, 0.05) is 27.8 Å². The van der Waals surface area contributed by atoms with E-state index in [2.05, 4.69) is 21.2 Å². The summed E-state index contributed by atoms with van der Waals surface area (Å²) >= 11 is 3.52. The Kier molecular flexibility index (Phi) is 4.16. The third-order valence-corrected chi connectivity index (χ3v) is 4.62. The third kappa shape index (κ3) is 3.70. The molecule has 0 heterocycles. The minimum atomic E-state index is -2.98. The molecule has 0 spiro atoms. The molecular formula is C14H16BrNO2S. The van der Waals surface area contributed by atoms with E-state index in [4.69, 9.17) is 0 Å². The van der Waals surface area contributed by atoms with Gasteiger partial charge in [-0.2, -0.15) is 0 Å². The van der Waals surface area contributed by atoms with Gasteiger partial charge in [0.1, 0.15) is 9.84 Å². The second-order valence-corrected chi connectivity index (χ2v) is 7.82. The average molecular weight is 342 g/mol. The third-order valence-electron chi connectivity index (χ3n) is 2.83. The highest BCUT2D eigenvalue weighted by Gasteiger charge is 2.12. The minimum absolute atomic E-state index is 0.122. The molecule has 5 heteroatoms. The lowest BCUT2D eigenvalue weighted by Crippen LogP contribution is -2.25. The molecule has 0 aliphatic heterocycles. The number of benzene rings is 2. The summed E-state index contributed by atoms with van der Waals surface area (Å²) in [4.78, 5) is 0. The molecule has 0 radical (unpaired) electrons. The van der Waals surface area contributed by atoms with Gasteiger partial charge < -0.3 is 5.32 Å². The molecule has 0 saturated carbocycles. The molecule has 0 aromatic heterocycles. The number of hydrogen-bond donors (Lipinski definition) is 1. The summed E-state index contributed by atoms with van der Waals surface area (Å²) < 4.78 is 23.6. The Bertz CT molecular complexity index is 698. The van der Waals surface area contributed by atoms with Crippen LogP contribution >= 0.6 is 15.9 Å². The zero-order valence-electron chi connectivity index (χ0n) is 10.9. The Hall–Kier alpha value is -1.07. The van der Waals surface area contributed by atoms with Gasteiger partial charge in [0.2, 0.25) is 0 Å². The standard InChI is InChI=1S/C14H16BrNO2S/c1-10(9-19(2,17)18)16-14-8-7-13(15)11-5-3-4-6-12(11)14/h3-8,10,16H,9H2,1-2H3. The first kappa shape index (κ1) is 14.3. The van der Waals surface area contributed by atoms with Crippen molar-refractivity contribution in [1.29, 1.82) is 0 Å². The topological polar surface area (TPSA) is 46.2 Å². The van der Waals surface area contributed by atoms with Crippen LogP contribution in [0.2, 0.25) is 0 Å². The molecule has 2 aromatic rings. The van der Waals surface area contributed by atoms with Gasteiger partial charge in [-0.15, -0.1) is 0 Å². The minimum Gasteiger partial charge on any atom is -0.381 e. The number of hydrogen-bond acceptors (Lipinski definition) is 3. The Morgan fingerprint density at radius 3 is 2.42 bits per heavy atom. The van der Waals surface area contributed by atoms with Crippen molar-refractivity contribution in [3.05, 3.63) is 40.9 Å². The molecule has 102 valence electrons. The molecule has 1 atom stereocenters. The van der Waals surface area contributed by atoms with Crippen LogP contribution < -0.4 is 5.32 Å². The van der Waals surface area contributed by atoms with Gasteiger partial charge in [0.15, 0.2) is 0 Å². The van der Waals surface area contributed by atoms with Crippen LogP contribution in [0, 0.1) is 0 Å². The van der Waals surface area contributed by atoms with Gasteiger partial charge in [-0.05, 0) is 24.4 Å². The van der Waals surface area contributed by atoms with E-state index < -0.39 is 9.84 Å². The van der Waals surface area contributed by atoms with E-state index in [9.17, 15) is 8.42 Å². The quantitative estimate of drug-likeness (QED) is 0.926. The van der Waals surface area contributed by atoms with E-state index in [1.165, 1.54) is 6.26 Å². The molecule has 2 aromatic carbocycles. The van der Waals surface area contributed by atoms with Crippen LogP contribution in [-0.4, -0.2) is 26.5 Å². The maximum atomic E-state index is 11.3. The highest BCUT2D eigenvalue weighted by atomic mass is 79.9. The van der Waals surface area contributed by atoms with Gasteiger partial charge in [-0.1, -0.05) is 40.2 Å². The predicted molar refractivity (Wildman–Crippen MR) is 84.4 cm³/mol. The maximum absolute atomic E-state index is 11.3. The van der Waals surface area contributed by atoms with Gasteiger partial charge in [-0.3, -0.25) is 0 Å². The fourth-order valence-electron chi connectivity index (χ4n) is 2.15. The van der Waals surface area contributed by atoms with Crippen molar-refractivity contribution < 1.29 is 8.42 Å². The molecule has 2 rings (SSSR count). The van der Waals surface area contributed by atoms with E-state index >= 15 is 0 Å². The number of halogens is 1. The molecule has 0 bridgehead atoms. The number of nitrogens with one attached hydrogen (secondary N) is 1. The van der Waals surface area contributed by atoms with Crippen molar-refractivity contribution in [2.75, 3.05) is 17.3 Å². The second kappa shape index (κ2) is 5.51. The van der Waals surface area contributed by atoms with Gasteiger partial charge >= 0.3 is 0 Å². The average Bonchev–Trinajstić information content (AvgIpc) is 2.31. The van der Waals surface area contributed by atoms with Crippen molar-refractivity contribution in [3.63, 3.8) is 0 Å². The Labute approximate surface area is 122 Å². The summed E-state index contributed by atoms with van der Waals surface area (Å²) in [6.45, 7) is 1.87. The van der Waals surface area contributed by atoms with Crippen molar-refractivity contribution in [2.45, 2.75) is 13.0 Å². The lowest BCUT2D eigenvalue weighted by atomic mass is 10.1. The summed E-state index contributed by atoms with van der Waals surface area (Å²) in [5.41, 5.74) is 0.954. The van der Waals surface area contributed by atoms with Gasteiger partial charge in [-0.25, -0.2) is 8.42 Å². The molecule has 3 nitrogen and oxygen atoms in total. The van der Waals surface area contributed by atoms with Crippen LogP contribution in [0.15, 0.2) is 40.9 Å². The van der Waals surface area contributed by atoms with Crippen LogP contribution in [0.5, 0.6) is 0 Å². The maximum Gasteiger partial charge on any atom is 0.149 e. The molecule has 1 unspecified atom stereocenters. The van der Waals surface area contributed by atoms with E-state index in [1.807, 2.05) is 43.3 Å². The van der Waals surface area contributed by atoms with Crippen LogP contribution in [-0.2, 0) is 9.84 Å². The summed E-state index contributed by atoms with van der Waals surface area (Å²) in [5, 5.41) is 5.46. The molecule has 0 aliphatic carbocycles.